The zero-order valence-electron chi connectivity index (χ0n) is 15.0. The summed E-state index contributed by atoms with van der Waals surface area (Å²) in [6.45, 7) is 0.683. The second kappa shape index (κ2) is 7.46. The zero-order valence-corrected chi connectivity index (χ0v) is 15.8. The van der Waals surface area contributed by atoms with E-state index >= 15 is 0 Å². The van der Waals surface area contributed by atoms with Crippen LogP contribution in [0, 0.1) is 0 Å². The molecule has 26 heavy (non-hydrogen) atoms. The summed E-state index contributed by atoms with van der Waals surface area (Å²) < 4.78 is 37.9. The molecule has 1 aliphatic rings. The van der Waals surface area contributed by atoms with Gasteiger partial charge in [-0.1, -0.05) is 0 Å². The van der Waals surface area contributed by atoms with Crippen LogP contribution in [0.5, 0.6) is 11.6 Å². The SMILES string of the molecule is COc1ccc(S(=O)(=O)N2CCC(Oc3cncc(N(C)C)n3)C2)cc1. The van der Waals surface area contributed by atoms with Crippen LogP contribution in [0.2, 0.25) is 0 Å². The topological polar surface area (TPSA) is 84.9 Å². The smallest absolute Gasteiger partial charge is 0.243 e. The molecule has 0 spiro atoms. The van der Waals surface area contributed by atoms with Crippen LogP contribution in [-0.4, -0.2) is 63.1 Å². The highest BCUT2D eigenvalue weighted by atomic mass is 32.2. The van der Waals surface area contributed by atoms with E-state index in [1.807, 2.05) is 19.0 Å². The Labute approximate surface area is 153 Å². The number of hydrogen-bond donors (Lipinski definition) is 0. The van der Waals surface area contributed by atoms with Gasteiger partial charge in [-0.05, 0) is 30.7 Å². The lowest BCUT2D eigenvalue weighted by molar-refractivity contribution is 0.206. The van der Waals surface area contributed by atoms with Gasteiger partial charge in [0, 0.05) is 20.6 Å². The highest BCUT2D eigenvalue weighted by Crippen LogP contribution is 2.25. The third-order valence-corrected chi connectivity index (χ3v) is 6.03. The van der Waals surface area contributed by atoms with Crippen molar-refractivity contribution in [2.75, 3.05) is 39.2 Å². The minimum atomic E-state index is -3.56. The fourth-order valence-corrected chi connectivity index (χ4v) is 4.18. The monoisotopic (exact) mass is 378 g/mol. The minimum Gasteiger partial charge on any atom is -0.497 e. The highest BCUT2D eigenvalue weighted by molar-refractivity contribution is 7.89. The molecule has 1 aromatic heterocycles. The van der Waals surface area contributed by atoms with Crippen molar-refractivity contribution in [1.29, 1.82) is 0 Å². The molecule has 9 heteroatoms. The van der Waals surface area contributed by atoms with Crippen molar-refractivity contribution in [2.45, 2.75) is 17.4 Å². The molecule has 0 bridgehead atoms. The van der Waals surface area contributed by atoms with Gasteiger partial charge in [0.1, 0.15) is 11.9 Å². The van der Waals surface area contributed by atoms with Gasteiger partial charge in [0.2, 0.25) is 15.9 Å². The van der Waals surface area contributed by atoms with Gasteiger partial charge in [-0.2, -0.15) is 9.29 Å². The summed E-state index contributed by atoms with van der Waals surface area (Å²) in [7, 11) is 1.72. The standard InChI is InChI=1S/C17H22N4O4S/c1-20(2)16-10-18-11-17(19-16)25-14-8-9-21(12-14)26(22,23)15-6-4-13(24-3)5-7-15/h4-7,10-11,14H,8-9,12H2,1-3H3. The molecule has 1 fully saturated rings. The summed E-state index contributed by atoms with van der Waals surface area (Å²) in [5.74, 6) is 1.69. The van der Waals surface area contributed by atoms with E-state index in [1.54, 1.807) is 37.6 Å². The first-order chi connectivity index (χ1) is 12.4. The van der Waals surface area contributed by atoms with Gasteiger partial charge in [-0.25, -0.2) is 8.42 Å². The molecule has 0 aliphatic carbocycles. The predicted octanol–water partition coefficient (Wildman–Crippen LogP) is 1.39. The van der Waals surface area contributed by atoms with Crippen molar-refractivity contribution >= 4 is 15.8 Å². The molecule has 0 radical (unpaired) electrons. The Kier molecular flexibility index (Phi) is 5.28. The van der Waals surface area contributed by atoms with E-state index in [0.29, 0.717) is 30.4 Å². The van der Waals surface area contributed by atoms with Crippen molar-refractivity contribution in [3.05, 3.63) is 36.7 Å². The number of ether oxygens (including phenoxy) is 2. The lowest BCUT2D eigenvalue weighted by Gasteiger charge is -2.18. The number of anilines is 1. The number of nitrogens with zero attached hydrogens (tertiary/aromatic N) is 4. The van der Waals surface area contributed by atoms with Crippen molar-refractivity contribution in [3.8, 4) is 11.6 Å². The molecule has 0 N–H and O–H groups in total. The van der Waals surface area contributed by atoms with Crippen LogP contribution in [0.3, 0.4) is 0 Å². The van der Waals surface area contributed by atoms with Crippen LogP contribution in [0.25, 0.3) is 0 Å². The fraction of sp³-hybridized carbons (Fsp3) is 0.412. The molecule has 0 amide bonds. The largest absolute Gasteiger partial charge is 0.497 e. The third-order valence-electron chi connectivity index (χ3n) is 4.15. The van der Waals surface area contributed by atoms with E-state index in [0.717, 1.165) is 0 Å². The molecule has 1 atom stereocenters. The van der Waals surface area contributed by atoms with Crippen LogP contribution in [0.15, 0.2) is 41.6 Å². The van der Waals surface area contributed by atoms with Gasteiger partial charge >= 0.3 is 0 Å². The van der Waals surface area contributed by atoms with Crippen molar-refractivity contribution < 1.29 is 17.9 Å². The molecule has 0 saturated carbocycles. The maximum atomic E-state index is 12.8. The molecule has 8 nitrogen and oxygen atoms in total. The maximum Gasteiger partial charge on any atom is 0.243 e. The number of methoxy groups -OCH3 is 1. The number of benzene rings is 1. The van der Waals surface area contributed by atoms with Crippen LogP contribution in [-0.2, 0) is 10.0 Å². The van der Waals surface area contributed by atoms with E-state index in [4.69, 9.17) is 9.47 Å². The Morgan fingerprint density at radius 3 is 2.58 bits per heavy atom. The van der Waals surface area contributed by atoms with E-state index in [-0.39, 0.29) is 17.5 Å². The van der Waals surface area contributed by atoms with Crippen LogP contribution >= 0.6 is 0 Å². The van der Waals surface area contributed by atoms with Crippen molar-refractivity contribution in [1.82, 2.24) is 14.3 Å². The summed E-state index contributed by atoms with van der Waals surface area (Å²) in [5.41, 5.74) is 0. The van der Waals surface area contributed by atoms with Crippen molar-refractivity contribution in [3.63, 3.8) is 0 Å². The minimum absolute atomic E-state index is 0.244. The molecular weight excluding hydrogens is 356 g/mol. The van der Waals surface area contributed by atoms with E-state index in [1.165, 1.54) is 10.5 Å². The van der Waals surface area contributed by atoms with E-state index in [2.05, 4.69) is 9.97 Å². The predicted molar refractivity (Wildman–Crippen MR) is 97.1 cm³/mol. The number of aromatic nitrogens is 2. The van der Waals surface area contributed by atoms with Gasteiger partial charge in [0.25, 0.3) is 0 Å². The van der Waals surface area contributed by atoms with E-state index < -0.39 is 10.0 Å². The molecule has 140 valence electrons. The second-order valence-electron chi connectivity index (χ2n) is 6.18. The van der Waals surface area contributed by atoms with Gasteiger partial charge in [0.15, 0.2) is 5.82 Å². The zero-order chi connectivity index (χ0) is 18.7. The average molecular weight is 378 g/mol. The summed E-state index contributed by atoms with van der Waals surface area (Å²) >= 11 is 0. The van der Waals surface area contributed by atoms with Crippen molar-refractivity contribution in [2.24, 2.45) is 0 Å². The van der Waals surface area contributed by atoms with Gasteiger partial charge in [-0.3, -0.25) is 4.98 Å². The molecule has 2 heterocycles. The Morgan fingerprint density at radius 2 is 1.92 bits per heavy atom. The van der Waals surface area contributed by atoms with Gasteiger partial charge < -0.3 is 14.4 Å². The Bertz CT molecular complexity index is 855. The molecule has 1 aliphatic heterocycles. The van der Waals surface area contributed by atoms with Crippen LogP contribution in [0.1, 0.15) is 6.42 Å². The number of hydrogen-bond acceptors (Lipinski definition) is 7. The van der Waals surface area contributed by atoms with E-state index in [9.17, 15) is 8.42 Å². The first-order valence-corrected chi connectivity index (χ1v) is 9.64. The number of sulfonamides is 1. The highest BCUT2D eigenvalue weighted by Gasteiger charge is 2.34. The maximum absolute atomic E-state index is 12.8. The lowest BCUT2D eigenvalue weighted by Crippen LogP contribution is -2.31. The summed E-state index contributed by atoms with van der Waals surface area (Å²) in [6.07, 6.45) is 3.52. The normalized spacial score (nSPS) is 17.9. The first kappa shape index (κ1) is 18.4. The molecule has 3 rings (SSSR count). The molecule has 1 aromatic carbocycles. The van der Waals surface area contributed by atoms with Crippen LogP contribution < -0.4 is 14.4 Å². The first-order valence-electron chi connectivity index (χ1n) is 8.20. The summed E-state index contributed by atoms with van der Waals surface area (Å²) in [4.78, 5) is 10.5. The molecule has 2 aromatic rings. The molecule has 1 unspecified atom stereocenters. The lowest BCUT2D eigenvalue weighted by atomic mass is 10.3. The quantitative estimate of drug-likeness (QED) is 0.751. The Hall–Kier alpha value is -2.39. The summed E-state index contributed by atoms with van der Waals surface area (Å²) in [5, 5.41) is 0. The Morgan fingerprint density at radius 1 is 1.19 bits per heavy atom. The van der Waals surface area contributed by atoms with Gasteiger partial charge in [-0.15, -0.1) is 0 Å². The summed E-state index contributed by atoms with van der Waals surface area (Å²) in [6, 6.07) is 6.38. The second-order valence-corrected chi connectivity index (χ2v) is 8.11. The third kappa shape index (κ3) is 3.88. The van der Waals surface area contributed by atoms with Gasteiger partial charge in [0.05, 0.1) is 30.9 Å². The molecule has 1 saturated heterocycles. The Balaban J connectivity index is 1.68. The molecular formula is C17H22N4O4S. The fourth-order valence-electron chi connectivity index (χ4n) is 2.69. The number of rotatable bonds is 6. The van der Waals surface area contributed by atoms with Crippen LogP contribution in [0.4, 0.5) is 5.82 Å². The average Bonchev–Trinajstić information content (AvgIpc) is 3.11.